The highest BCUT2D eigenvalue weighted by Crippen LogP contribution is 2.22. The maximum absolute atomic E-state index is 13.0. The number of amides is 1. The van der Waals surface area contributed by atoms with Crippen molar-refractivity contribution < 1.29 is 14.3 Å². The number of carbonyl (C=O) groups excluding carboxylic acids is 1. The monoisotopic (exact) mass is 477 g/mol. The zero-order chi connectivity index (χ0) is 22.2. The summed E-state index contributed by atoms with van der Waals surface area (Å²) in [5.41, 5.74) is 1.92. The molecule has 1 amide bonds. The van der Waals surface area contributed by atoms with Crippen molar-refractivity contribution >= 4 is 40.7 Å². The van der Waals surface area contributed by atoms with Gasteiger partial charge in [0.25, 0.3) is 5.91 Å². The fourth-order valence-corrected chi connectivity index (χ4v) is 3.62. The molecule has 0 aliphatic carbocycles. The molecule has 162 valence electrons. The van der Waals surface area contributed by atoms with Gasteiger partial charge in [-0.15, -0.1) is 0 Å². The Bertz CT molecular complexity index is 1010. The molecular weight excluding hydrogens is 457 g/mol. The Hall–Kier alpha value is -2.40. The van der Waals surface area contributed by atoms with Crippen LogP contribution >= 0.6 is 34.8 Å². The topological polar surface area (TPSA) is 38.8 Å². The highest BCUT2D eigenvalue weighted by Gasteiger charge is 2.16. The summed E-state index contributed by atoms with van der Waals surface area (Å²) < 4.78 is 10.9. The number of rotatable bonds is 9. The molecule has 0 atom stereocenters. The van der Waals surface area contributed by atoms with Gasteiger partial charge in [-0.25, -0.2) is 0 Å². The summed E-state index contributed by atoms with van der Waals surface area (Å²) in [5, 5.41) is 1.78. The number of ether oxygens (including phenoxy) is 2. The van der Waals surface area contributed by atoms with Gasteiger partial charge in [0.05, 0.1) is 7.11 Å². The van der Waals surface area contributed by atoms with Crippen LogP contribution in [0, 0.1) is 0 Å². The van der Waals surface area contributed by atoms with Gasteiger partial charge < -0.3 is 14.4 Å². The van der Waals surface area contributed by atoms with Crippen molar-refractivity contribution in [3.05, 3.63) is 92.9 Å². The molecule has 7 heteroatoms. The van der Waals surface area contributed by atoms with Gasteiger partial charge in [0, 0.05) is 28.2 Å². The van der Waals surface area contributed by atoms with Crippen LogP contribution in [0.15, 0.2) is 66.7 Å². The van der Waals surface area contributed by atoms with Crippen LogP contribution in [0.5, 0.6) is 11.5 Å². The van der Waals surface area contributed by atoms with Crippen molar-refractivity contribution in [3.8, 4) is 11.5 Å². The smallest absolute Gasteiger partial charge is 0.260 e. The molecule has 0 aliphatic rings. The third kappa shape index (κ3) is 7.06. The van der Waals surface area contributed by atoms with Crippen molar-refractivity contribution in [2.45, 2.75) is 13.0 Å². The van der Waals surface area contributed by atoms with Crippen LogP contribution in [0.25, 0.3) is 0 Å². The quantitative estimate of drug-likeness (QED) is 0.362. The second kappa shape index (κ2) is 11.3. The van der Waals surface area contributed by atoms with Gasteiger partial charge in [-0.1, -0.05) is 53.0 Å². The van der Waals surface area contributed by atoms with Crippen molar-refractivity contribution in [2.75, 3.05) is 20.3 Å². The molecule has 0 unspecified atom stereocenters. The van der Waals surface area contributed by atoms with E-state index in [-0.39, 0.29) is 12.5 Å². The van der Waals surface area contributed by atoms with Gasteiger partial charge in [0.15, 0.2) is 6.61 Å². The number of hydrogen-bond donors (Lipinski definition) is 0. The van der Waals surface area contributed by atoms with Gasteiger partial charge in [0.2, 0.25) is 0 Å². The molecule has 3 aromatic carbocycles. The second-order valence-corrected chi connectivity index (χ2v) is 8.17. The molecule has 0 saturated carbocycles. The Morgan fingerprint density at radius 1 is 0.871 bits per heavy atom. The lowest BCUT2D eigenvalue weighted by Gasteiger charge is -2.23. The molecule has 0 aliphatic heterocycles. The van der Waals surface area contributed by atoms with E-state index in [1.807, 2.05) is 30.3 Å². The molecule has 4 nitrogen and oxygen atoms in total. The fourth-order valence-electron chi connectivity index (χ4n) is 2.99. The highest BCUT2D eigenvalue weighted by molar-refractivity contribution is 6.35. The first-order valence-corrected chi connectivity index (χ1v) is 10.8. The molecular formula is C24H22Cl3NO3. The lowest BCUT2D eigenvalue weighted by molar-refractivity contribution is -0.134. The van der Waals surface area contributed by atoms with Gasteiger partial charge in [-0.05, 0) is 66.1 Å². The van der Waals surface area contributed by atoms with E-state index in [4.69, 9.17) is 44.3 Å². The number of methoxy groups -OCH3 is 1. The lowest BCUT2D eigenvalue weighted by atomic mass is 10.1. The van der Waals surface area contributed by atoms with Crippen LogP contribution < -0.4 is 9.47 Å². The van der Waals surface area contributed by atoms with Crippen molar-refractivity contribution in [1.29, 1.82) is 0 Å². The molecule has 0 saturated heterocycles. The average molecular weight is 479 g/mol. The Morgan fingerprint density at radius 3 is 2.16 bits per heavy atom. The van der Waals surface area contributed by atoms with E-state index in [1.54, 1.807) is 48.4 Å². The number of halogens is 3. The number of nitrogens with zero attached hydrogens (tertiary/aromatic N) is 1. The number of benzene rings is 3. The normalized spacial score (nSPS) is 10.6. The predicted molar refractivity (Wildman–Crippen MR) is 126 cm³/mol. The van der Waals surface area contributed by atoms with Gasteiger partial charge in [0.1, 0.15) is 11.5 Å². The third-order valence-corrected chi connectivity index (χ3v) is 5.57. The first-order valence-electron chi connectivity index (χ1n) is 9.67. The largest absolute Gasteiger partial charge is 0.497 e. The molecule has 3 rings (SSSR count). The average Bonchev–Trinajstić information content (AvgIpc) is 2.77. The summed E-state index contributed by atoms with van der Waals surface area (Å²) >= 11 is 18.2. The number of carbonyl (C=O) groups is 1. The molecule has 31 heavy (non-hydrogen) atoms. The summed E-state index contributed by atoms with van der Waals surface area (Å²) in [6, 6.07) is 19.9. The van der Waals surface area contributed by atoms with Crippen LogP contribution in [0.4, 0.5) is 0 Å². The molecule has 0 spiro atoms. The molecule has 3 aromatic rings. The highest BCUT2D eigenvalue weighted by atomic mass is 35.5. The van der Waals surface area contributed by atoms with E-state index in [0.717, 1.165) is 16.9 Å². The molecule has 0 fully saturated rings. The number of hydrogen-bond acceptors (Lipinski definition) is 3. The summed E-state index contributed by atoms with van der Waals surface area (Å²) in [6.45, 7) is 0.848. The van der Waals surface area contributed by atoms with Crippen LogP contribution in [-0.4, -0.2) is 31.1 Å². The third-order valence-electron chi connectivity index (χ3n) is 4.73. The maximum Gasteiger partial charge on any atom is 0.260 e. The Kier molecular flexibility index (Phi) is 8.47. The zero-order valence-electron chi connectivity index (χ0n) is 17.0. The van der Waals surface area contributed by atoms with Crippen molar-refractivity contribution in [1.82, 2.24) is 4.90 Å². The minimum absolute atomic E-state index is 0.0772. The molecule has 0 bridgehead atoms. The molecule has 0 radical (unpaired) electrons. The molecule has 0 aromatic heterocycles. The predicted octanol–water partition coefficient (Wildman–Crippen LogP) is 6.31. The minimum Gasteiger partial charge on any atom is -0.497 e. The second-order valence-electron chi connectivity index (χ2n) is 6.89. The van der Waals surface area contributed by atoms with Crippen LogP contribution in [0.3, 0.4) is 0 Å². The Labute approximate surface area is 197 Å². The van der Waals surface area contributed by atoms with Gasteiger partial charge in [-0.3, -0.25) is 4.79 Å². The summed E-state index contributed by atoms with van der Waals surface area (Å²) in [4.78, 5) is 14.7. The summed E-state index contributed by atoms with van der Waals surface area (Å²) in [6.07, 6.45) is 0.596. The first kappa shape index (κ1) is 23.3. The van der Waals surface area contributed by atoms with E-state index < -0.39 is 0 Å². The van der Waals surface area contributed by atoms with Crippen molar-refractivity contribution in [3.63, 3.8) is 0 Å². The maximum atomic E-state index is 13.0. The molecule has 0 heterocycles. The summed E-state index contributed by atoms with van der Waals surface area (Å²) in [7, 11) is 1.62. The van der Waals surface area contributed by atoms with E-state index in [1.165, 1.54) is 0 Å². The molecule has 0 N–H and O–H groups in total. The Morgan fingerprint density at radius 2 is 1.52 bits per heavy atom. The van der Waals surface area contributed by atoms with Crippen LogP contribution in [-0.2, 0) is 17.8 Å². The zero-order valence-corrected chi connectivity index (χ0v) is 19.3. The van der Waals surface area contributed by atoms with E-state index in [0.29, 0.717) is 40.3 Å². The van der Waals surface area contributed by atoms with E-state index in [9.17, 15) is 4.79 Å². The SMILES string of the molecule is COc1ccc(CN(CCc2ccc(Cl)cc2Cl)C(=O)COc2ccc(Cl)cc2)cc1. The minimum atomic E-state index is -0.129. The van der Waals surface area contributed by atoms with Crippen LogP contribution in [0.1, 0.15) is 11.1 Å². The van der Waals surface area contributed by atoms with Crippen LogP contribution in [0.2, 0.25) is 15.1 Å². The fraction of sp³-hybridized carbons (Fsp3) is 0.208. The lowest BCUT2D eigenvalue weighted by Crippen LogP contribution is -2.36. The summed E-state index contributed by atoms with van der Waals surface area (Å²) in [5.74, 6) is 1.22. The van der Waals surface area contributed by atoms with Gasteiger partial charge in [-0.2, -0.15) is 0 Å². The van der Waals surface area contributed by atoms with E-state index >= 15 is 0 Å². The Balaban J connectivity index is 1.69. The van der Waals surface area contributed by atoms with Gasteiger partial charge >= 0.3 is 0 Å². The standard InChI is InChI=1S/C24H22Cl3NO3/c1-30-21-8-2-17(3-9-21)15-28(13-12-18-4-5-20(26)14-23(18)27)24(29)16-31-22-10-6-19(25)7-11-22/h2-11,14H,12-13,15-16H2,1H3. The first-order chi connectivity index (χ1) is 14.9. The van der Waals surface area contributed by atoms with E-state index in [2.05, 4.69) is 0 Å². The van der Waals surface area contributed by atoms with Crippen molar-refractivity contribution in [2.24, 2.45) is 0 Å².